The highest BCUT2D eigenvalue weighted by Crippen LogP contribution is 2.30. The lowest BCUT2D eigenvalue weighted by Crippen LogP contribution is -2.30. The minimum atomic E-state index is -4.84. The number of halogens is 3. The van der Waals surface area contributed by atoms with Crippen molar-refractivity contribution in [2.24, 2.45) is 0 Å². The molecule has 2 rings (SSSR count). The molecule has 4 nitrogen and oxygen atoms in total. The Hall–Kier alpha value is -2.70. The molecule has 1 amide bonds. The van der Waals surface area contributed by atoms with E-state index in [9.17, 15) is 18.0 Å². The number of carbonyl (C=O) groups excluding carboxylic acids is 1. The van der Waals surface area contributed by atoms with Crippen molar-refractivity contribution in [1.29, 1.82) is 0 Å². The maximum atomic E-state index is 12.3. The van der Waals surface area contributed by atoms with Crippen LogP contribution in [0.2, 0.25) is 0 Å². The molecule has 0 radical (unpaired) electrons. The fraction of sp³-hybridized carbons (Fsp3) is 0.188. The van der Waals surface area contributed by atoms with Crippen molar-refractivity contribution >= 4 is 11.6 Å². The predicted molar refractivity (Wildman–Crippen MR) is 78.3 cm³/mol. The highest BCUT2D eigenvalue weighted by molar-refractivity contribution is 5.95. The zero-order chi connectivity index (χ0) is 16.9. The quantitative estimate of drug-likeness (QED) is 0.904. The molecule has 0 aromatic heterocycles. The van der Waals surface area contributed by atoms with Crippen molar-refractivity contribution in [3.8, 4) is 11.5 Å². The molecule has 23 heavy (non-hydrogen) atoms. The number of carbonyl (C=O) groups is 1. The lowest BCUT2D eigenvalue weighted by molar-refractivity contribution is -0.274. The Morgan fingerprint density at radius 2 is 1.65 bits per heavy atom. The van der Waals surface area contributed by atoms with Crippen LogP contribution in [0.1, 0.15) is 6.92 Å². The number of rotatable bonds is 5. The molecule has 0 spiro atoms. The van der Waals surface area contributed by atoms with Crippen molar-refractivity contribution in [3.05, 3.63) is 54.6 Å². The molecule has 1 unspecified atom stereocenters. The molecule has 2 aromatic carbocycles. The van der Waals surface area contributed by atoms with E-state index in [1.54, 1.807) is 30.3 Å². The van der Waals surface area contributed by atoms with Crippen LogP contribution in [0.3, 0.4) is 0 Å². The summed E-state index contributed by atoms with van der Waals surface area (Å²) in [5.74, 6) is -0.595. The van der Waals surface area contributed by atoms with Crippen molar-refractivity contribution in [1.82, 2.24) is 0 Å². The Morgan fingerprint density at radius 3 is 2.30 bits per heavy atom. The molecule has 1 N–H and O–H groups in total. The summed E-state index contributed by atoms with van der Waals surface area (Å²) in [6.45, 7) is 1.50. The number of ether oxygens (including phenoxy) is 2. The first-order chi connectivity index (χ1) is 10.8. The number of alkyl halides is 3. The smallest absolute Gasteiger partial charge is 0.481 e. The normalized spacial score (nSPS) is 12.3. The molecule has 0 aliphatic rings. The number of benzene rings is 2. The number of nitrogens with one attached hydrogen (secondary N) is 1. The second-order valence-corrected chi connectivity index (χ2v) is 4.61. The Kier molecular flexibility index (Phi) is 5.10. The van der Waals surface area contributed by atoms with E-state index in [2.05, 4.69) is 10.1 Å². The van der Waals surface area contributed by atoms with Crippen molar-refractivity contribution < 1.29 is 27.4 Å². The molecular weight excluding hydrogens is 311 g/mol. The van der Waals surface area contributed by atoms with Crippen LogP contribution in [0.5, 0.6) is 11.5 Å². The average molecular weight is 325 g/mol. The molecule has 1 atom stereocenters. The second kappa shape index (κ2) is 7.04. The molecule has 7 heteroatoms. The first kappa shape index (κ1) is 16.7. The Labute approximate surface area is 130 Å². The van der Waals surface area contributed by atoms with Crippen LogP contribution < -0.4 is 14.8 Å². The van der Waals surface area contributed by atoms with Gasteiger partial charge in [0.1, 0.15) is 5.75 Å². The molecule has 122 valence electrons. The summed E-state index contributed by atoms with van der Waals surface area (Å²) >= 11 is 0. The average Bonchev–Trinajstić information content (AvgIpc) is 2.48. The summed E-state index contributed by atoms with van der Waals surface area (Å²) in [6, 6.07) is 13.9. The van der Waals surface area contributed by atoms with Crippen molar-refractivity contribution in [2.45, 2.75) is 19.4 Å². The minimum Gasteiger partial charge on any atom is -0.481 e. The SMILES string of the molecule is CC(Oc1ccccc1)C(=O)Nc1ccccc1OC(F)(F)F. The van der Waals surface area contributed by atoms with Gasteiger partial charge < -0.3 is 14.8 Å². The second-order valence-electron chi connectivity index (χ2n) is 4.61. The topological polar surface area (TPSA) is 47.6 Å². The van der Waals surface area contributed by atoms with Gasteiger partial charge in [0.15, 0.2) is 11.9 Å². The summed E-state index contributed by atoms with van der Waals surface area (Å²) in [6.07, 6.45) is -5.73. The fourth-order valence-electron chi connectivity index (χ4n) is 1.77. The summed E-state index contributed by atoms with van der Waals surface area (Å²) in [5, 5.41) is 2.36. The minimum absolute atomic E-state index is 0.0849. The van der Waals surface area contributed by atoms with Gasteiger partial charge in [0.25, 0.3) is 5.91 Å². The highest BCUT2D eigenvalue weighted by Gasteiger charge is 2.32. The van der Waals surface area contributed by atoms with Gasteiger partial charge in [0, 0.05) is 0 Å². The van der Waals surface area contributed by atoms with Gasteiger partial charge in [-0.05, 0) is 31.2 Å². The summed E-state index contributed by atoms with van der Waals surface area (Å²) in [7, 11) is 0. The van der Waals surface area contributed by atoms with Crippen molar-refractivity contribution in [3.63, 3.8) is 0 Å². The van der Waals surface area contributed by atoms with Gasteiger partial charge in [-0.15, -0.1) is 13.2 Å². The molecule has 0 saturated carbocycles. The van der Waals surface area contributed by atoms with Gasteiger partial charge in [-0.1, -0.05) is 30.3 Å². The predicted octanol–water partition coefficient (Wildman–Crippen LogP) is 3.99. The number of para-hydroxylation sites is 3. The van der Waals surface area contributed by atoms with E-state index >= 15 is 0 Å². The summed E-state index contributed by atoms with van der Waals surface area (Å²) < 4.78 is 46.3. The lowest BCUT2D eigenvalue weighted by Gasteiger charge is -2.17. The molecule has 0 bridgehead atoms. The first-order valence-electron chi connectivity index (χ1n) is 6.72. The van der Waals surface area contributed by atoms with Crippen LogP contribution in [0, 0.1) is 0 Å². The summed E-state index contributed by atoms with van der Waals surface area (Å²) in [4.78, 5) is 12.1. The third-order valence-electron chi connectivity index (χ3n) is 2.80. The monoisotopic (exact) mass is 325 g/mol. The maximum Gasteiger partial charge on any atom is 0.573 e. The van der Waals surface area contributed by atoms with Gasteiger partial charge in [-0.3, -0.25) is 4.79 Å². The third-order valence-corrected chi connectivity index (χ3v) is 2.80. The molecule has 0 fully saturated rings. The van der Waals surface area contributed by atoms with Crippen LogP contribution in [0.4, 0.5) is 18.9 Å². The van der Waals surface area contributed by atoms with Gasteiger partial charge in [-0.2, -0.15) is 0 Å². The lowest BCUT2D eigenvalue weighted by atomic mass is 10.2. The highest BCUT2D eigenvalue weighted by atomic mass is 19.4. The molecule has 2 aromatic rings. The van der Waals surface area contributed by atoms with Crippen LogP contribution in [0.25, 0.3) is 0 Å². The number of hydrogen-bond acceptors (Lipinski definition) is 3. The van der Waals surface area contributed by atoms with Gasteiger partial charge in [0.05, 0.1) is 5.69 Å². The standard InChI is InChI=1S/C16H14F3NO3/c1-11(22-12-7-3-2-4-8-12)15(21)20-13-9-5-6-10-14(13)23-16(17,18)19/h2-11H,1H3,(H,20,21). The number of anilines is 1. The van der Waals surface area contributed by atoms with E-state index in [-0.39, 0.29) is 5.69 Å². The van der Waals surface area contributed by atoms with E-state index < -0.39 is 24.1 Å². The van der Waals surface area contributed by atoms with Crippen LogP contribution in [-0.4, -0.2) is 18.4 Å². The number of amides is 1. The molecular formula is C16H14F3NO3. The van der Waals surface area contributed by atoms with E-state index in [1.165, 1.54) is 25.1 Å². The van der Waals surface area contributed by atoms with Crippen LogP contribution >= 0.6 is 0 Å². The summed E-state index contributed by atoms with van der Waals surface area (Å²) in [5.41, 5.74) is -0.0849. The zero-order valence-electron chi connectivity index (χ0n) is 12.1. The Bertz CT molecular complexity index is 659. The van der Waals surface area contributed by atoms with E-state index in [0.717, 1.165) is 6.07 Å². The third kappa shape index (κ3) is 5.21. The van der Waals surface area contributed by atoms with Crippen LogP contribution in [0.15, 0.2) is 54.6 Å². The largest absolute Gasteiger partial charge is 0.573 e. The van der Waals surface area contributed by atoms with E-state index in [0.29, 0.717) is 5.75 Å². The van der Waals surface area contributed by atoms with Crippen molar-refractivity contribution in [2.75, 3.05) is 5.32 Å². The van der Waals surface area contributed by atoms with Gasteiger partial charge in [-0.25, -0.2) is 0 Å². The molecule has 0 heterocycles. The maximum absolute atomic E-state index is 12.3. The van der Waals surface area contributed by atoms with Crippen LogP contribution in [-0.2, 0) is 4.79 Å². The van der Waals surface area contributed by atoms with Gasteiger partial charge >= 0.3 is 6.36 Å². The molecule has 0 saturated heterocycles. The van der Waals surface area contributed by atoms with Gasteiger partial charge in [0.2, 0.25) is 0 Å². The van der Waals surface area contributed by atoms with E-state index in [4.69, 9.17) is 4.74 Å². The van der Waals surface area contributed by atoms with E-state index in [1.807, 2.05) is 0 Å². The first-order valence-corrected chi connectivity index (χ1v) is 6.72. The number of hydrogen-bond donors (Lipinski definition) is 1. The zero-order valence-corrected chi connectivity index (χ0v) is 12.1. The fourth-order valence-corrected chi connectivity index (χ4v) is 1.77. The Morgan fingerprint density at radius 1 is 1.04 bits per heavy atom. The molecule has 0 aliphatic heterocycles. The Balaban J connectivity index is 2.05. The molecule has 0 aliphatic carbocycles.